The third-order valence-corrected chi connectivity index (χ3v) is 5.92. The minimum absolute atomic E-state index is 0.0175. The monoisotopic (exact) mass is 543 g/mol. The zero-order valence-electron chi connectivity index (χ0n) is 20.0. The van der Waals surface area contributed by atoms with Crippen molar-refractivity contribution in [2.45, 2.75) is 25.4 Å². The molecule has 1 heterocycles. The quantitative estimate of drug-likeness (QED) is 0.492. The first kappa shape index (κ1) is 29.6. The average Bonchev–Trinajstić information content (AvgIpc) is 2.83. The molecule has 2 aromatic carbocycles. The van der Waals surface area contributed by atoms with Crippen LogP contribution in [0.5, 0.6) is 0 Å². The van der Waals surface area contributed by atoms with Crippen LogP contribution < -0.4 is 10.0 Å². The molecule has 0 aliphatic carbocycles. The first-order valence-corrected chi connectivity index (χ1v) is 13.1. The first-order valence-electron chi connectivity index (χ1n) is 11.2. The minimum Gasteiger partial charge on any atom is -0.475 e. The number of anilines is 1. The summed E-state index contributed by atoms with van der Waals surface area (Å²) in [7, 11) is -3.36. The number of hydrogen-bond acceptors (Lipinski definition) is 5. The second-order valence-corrected chi connectivity index (χ2v) is 10.1. The summed E-state index contributed by atoms with van der Waals surface area (Å²) in [6, 6.07) is 16.3. The van der Waals surface area contributed by atoms with Gasteiger partial charge in [0, 0.05) is 30.9 Å². The maximum Gasteiger partial charge on any atom is 0.490 e. The van der Waals surface area contributed by atoms with Crippen LogP contribution in [0.4, 0.5) is 18.9 Å². The van der Waals surface area contributed by atoms with Crippen molar-refractivity contribution >= 4 is 33.5 Å². The lowest BCUT2D eigenvalue weighted by Crippen LogP contribution is -2.45. The van der Waals surface area contributed by atoms with Gasteiger partial charge < -0.3 is 15.3 Å². The van der Waals surface area contributed by atoms with E-state index in [-0.39, 0.29) is 17.7 Å². The highest BCUT2D eigenvalue weighted by atomic mass is 32.2. The number of halogens is 3. The van der Waals surface area contributed by atoms with Gasteiger partial charge in [-0.3, -0.25) is 14.3 Å². The van der Waals surface area contributed by atoms with E-state index >= 15 is 0 Å². The van der Waals surface area contributed by atoms with Gasteiger partial charge in [-0.25, -0.2) is 13.2 Å². The fourth-order valence-corrected chi connectivity index (χ4v) is 4.14. The fraction of sp³-hybridized carbons (Fsp3) is 0.375. The normalized spacial score (nSPS) is 15.7. The third kappa shape index (κ3) is 10.5. The first-order chi connectivity index (χ1) is 17.3. The Hall–Kier alpha value is -3.61. The van der Waals surface area contributed by atoms with Gasteiger partial charge in [0.2, 0.25) is 15.9 Å². The highest BCUT2D eigenvalue weighted by Gasteiger charge is 2.38. The van der Waals surface area contributed by atoms with Crippen molar-refractivity contribution in [3.63, 3.8) is 0 Å². The van der Waals surface area contributed by atoms with Crippen LogP contribution in [0.15, 0.2) is 54.6 Å². The van der Waals surface area contributed by atoms with Crippen LogP contribution in [0.2, 0.25) is 0 Å². The fourth-order valence-electron chi connectivity index (χ4n) is 3.57. The van der Waals surface area contributed by atoms with E-state index in [0.717, 1.165) is 25.5 Å². The van der Waals surface area contributed by atoms with E-state index in [9.17, 15) is 31.2 Å². The second kappa shape index (κ2) is 13.1. The summed E-state index contributed by atoms with van der Waals surface area (Å²) in [6.07, 6.45) is -1.70. The third-order valence-electron chi connectivity index (χ3n) is 5.31. The van der Waals surface area contributed by atoms with Gasteiger partial charge in [-0.05, 0) is 49.1 Å². The Balaban J connectivity index is 0.000000604. The highest BCUT2D eigenvalue weighted by molar-refractivity contribution is 7.92. The number of rotatable bonds is 7. The number of carbonyl (C=O) groups excluding carboxylic acids is 2. The number of likely N-dealkylation sites (tertiary alicyclic amines) is 1. The van der Waals surface area contributed by atoms with Crippen LogP contribution in [-0.4, -0.2) is 68.3 Å². The summed E-state index contributed by atoms with van der Waals surface area (Å²) >= 11 is 0. The maximum absolute atomic E-state index is 12.8. The number of hydrogen-bond donors (Lipinski definition) is 3. The molecule has 2 amide bonds. The minimum atomic E-state index is -5.08. The molecular weight excluding hydrogens is 515 g/mol. The zero-order valence-corrected chi connectivity index (χ0v) is 20.8. The molecule has 0 saturated carbocycles. The molecule has 13 heteroatoms. The number of carbonyl (C=O) groups is 3. The van der Waals surface area contributed by atoms with Crippen LogP contribution in [0.3, 0.4) is 0 Å². The molecule has 0 radical (unpaired) electrons. The van der Waals surface area contributed by atoms with Crippen LogP contribution in [0.1, 0.15) is 28.8 Å². The smallest absolute Gasteiger partial charge is 0.475 e. The van der Waals surface area contributed by atoms with Crippen molar-refractivity contribution < 1.29 is 41.1 Å². The predicted octanol–water partition coefficient (Wildman–Crippen LogP) is 2.90. The number of sulfonamides is 1. The summed E-state index contributed by atoms with van der Waals surface area (Å²) in [6.45, 7) is 1.57. The van der Waals surface area contributed by atoms with E-state index in [1.54, 1.807) is 29.2 Å². The number of amides is 2. The highest BCUT2D eigenvalue weighted by Crippen LogP contribution is 2.20. The van der Waals surface area contributed by atoms with Gasteiger partial charge in [-0.1, -0.05) is 30.3 Å². The SMILES string of the molecule is CS(=O)(=O)Nc1ccc(C(=O)N2CCCC(C(=O)NCCc3ccccc3)C2)cc1.O=C(O)C(F)(F)F. The topological polar surface area (TPSA) is 133 Å². The van der Waals surface area contributed by atoms with E-state index in [2.05, 4.69) is 10.0 Å². The molecule has 2 aromatic rings. The van der Waals surface area contributed by atoms with Gasteiger partial charge in [0.05, 0.1) is 12.2 Å². The summed E-state index contributed by atoms with van der Waals surface area (Å²) in [5.41, 5.74) is 2.05. The summed E-state index contributed by atoms with van der Waals surface area (Å²) < 4.78 is 56.7. The summed E-state index contributed by atoms with van der Waals surface area (Å²) in [5, 5.41) is 10.1. The molecule has 37 heavy (non-hydrogen) atoms. The molecule has 1 aliphatic heterocycles. The molecule has 0 spiro atoms. The summed E-state index contributed by atoms with van der Waals surface area (Å²) in [4.78, 5) is 36.0. The maximum atomic E-state index is 12.8. The number of aliphatic carboxylic acids is 1. The molecule has 0 bridgehead atoms. The van der Waals surface area contributed by atoms with Gasteiger partial charge >= 0.3 is 12.1 Å². The molecule has 3 rings (SSSR count). The summed E-state index contributed by atoms with van der Waals surface area (Å²) in [5.74, 6) is -3.14. The lowest BCUT2D eigenvalue weighted by atomic mass is 9.96. The van der Waals surface area contributed by atoms with Crippen molar-refractivity contribution in [1.82, 2.24) is 10.2 Å². The number of piperidine rings is 1. The van der Waals surface area contributed by atoms with Gasteiger partial charge in [0.1, 0.15) is 0 Å². The number of nitrogens with zero attached hydrogens (tertiary/aromatic N) is 1. The number of benzene rings is 2. The van der Waals surface area contributed by atoms with Crippen LogP contribution in [-0.2, 0) is 26.0 Å². The Bertz CT molecular complexity index is 1170. The van der Waals surface area contributed by atoms with Gasteiger partial charge in [-0.15, -0.1) is 0 Å². The molecule has 3 N–H and O–H groups in total. The van der Waals surface area contributed by atoms with E-state index in [0.29, 0.717) is 30.9 Å². The van der Waals surface area contributed by atoms with E-state index in [4.69, 9.17) is 9.90 Å². The van der Waals surface area contributed by atoms with Crippen LogP contribution in [0, 0.1) is 5.92 Å². The molecule has 1 fully saturated rings. The van der Waals surface area contributed by atoms with E-state index < -0.39 is 22.2 Å². The number of nitrogens with one attached hydrogen (secondary N) is 2. The van der Waals surface area contributed by atoms with Gasteiger partial charge in [-0.2, -0.15) is 13.2 Å². The standard InChI is InChI=1S/C22H27N3O4S.C2HF3O2/c1-30(28,29)24-20-11-9-18(10-12-20)22(27)25-15-5-8-19(16-25)21(26)23-14-13-17-6-3-2-4-7-17;3-2(4,5)1(6)7/h2-4,6-7,9-12,19,24H,5,8,13-16H2,1H3,(H,23,26);(H,6,7). The molecule has 1 atom stereocenters. The molecular formula is C24H28F3N3O6S. The number of carboxylic acids is 1. The Morgan fingerprint density at radius 1 is 1.05 bits per heavy atom. The molecule has 202 valence electrons. The molecule has 1 saturated heterocycles. The molecule has 9 nitrogen and oxygen atoms in total. The van der Waals surface area contributed by atoms with Crippen molar-refractivity contribution in [2.24, 2.45) is 5.92 Å². The second-order valence-electron chi connectivity index (χ2n) is 8.37. The molecule has 1 aliphatic rings. The van der Waals surface area contributed by atoms with Gasteiger partial charge in [0.15, 0.2) is 0 Å². The molecule has 1 unspecified atom stereocenters. The van der Waals surface area contributed by atoms with Gasteiger partial charge in [0.25, 0.3) is 5.91 Å². The lowest BCUT2D eigenvalue weighted by molar-refractivity contribution is -0.192. The van der Waals surface area contributed by atoms with Crippen LogP contribution in [0.25, 0.3) is 0 Å². The number of alkyl halides is 3. The zero-order chi connectivity index (χ0) is 27.6. The Labute approximate surface area is 212 Å². The van der Waals surface area contributed by atoms with E-state index in [1.165, 1.54) is 5.56 Å². The Morgan fingerprint density at radius 2 is 1.65 bits per heavy atom. The van der Waals surface area contributed by atoms with Crippen molar-refractivity contribution in [1.29, 1.82) is 0 Å². The molecule has 0 aromatic heterocycles. The lowest BCUT2D eigenvalue weighted by Gasteiger charge is -2.32. The van der Waals surface area contributed by atoms with E-state index in [1.807, 2.05) is 30.3 Å². The van der Waals surface area contributed by atoms with Crippen molar-refractivity contribution in [3.8, 4) is 0 Å². The average molecular weight is 544 g/mol. The Morgan fingerprint density at radius 3 is 2.19 bits per heavy atom. The van der Waals surface area contributed by atoms with Crippen LogP contribution >= 0.6 is 0 Å². The largest absolute Gasteiger partial charge is 0.490 e. The predicted molar refractivity (Wildman–Crippen MR) is 130 cm³/mol. The number of carboxylic acid groups (broad SMARTS) is 1. The van der Waals surface area contributed by atoms with Crippen molar-refractivity contribution in [2.75, 3.05) is 30.6 Å². The Kier molecular flexibility index (Phi) is 10.5. The van der Waals surface area contributed by atoms with Crippen molar-refractivity contribution in [3.05, 3.63) is 65.7 Å².